The smallest absolute Gasteiger partial charge is 0.347 e. The average Bonchev–Trinajstić information content (AvgIpc) is 2.77. The molecule has 178 valence electrons. The van der Waals surface area contributed by atoms with Crippen LogP contribution in [-0.2, 0) is 4.79 Å². The maximum atomic E-state index is 12.9. The first kappa shape index (κ1) is 24.9. The van der Waals surface area contributed by atoms with Gasteiger partial charge in [0.25, 0.3) is 0 Å². The summed E-state index contributed by atoms with van der Waals surface area (Å²) < 4.78 is 0. The highest BCUT2D eigenvalue weighted by Crippen LogP contribution is 2.42. The molecule has 0 spiro atoms. The normalized spacial score (nSPS) is 16.5. The Bertz CT molecular complexity index is 968. The lowest BCUT2D eigenvalue weighted by Crippen LogP contribution is -2.55. The van der Waals surface area contributed by atoms with Crippen LogP contribution in [0.5, 0.6) is 0 Å². The molecule has 1 N–H and O–H groups in total. The third-order valence-corrected chi connectivity index (χ3v) is 6.58. The van der Waals surface area contributed by atoms with Crippen molar-refractivity contribution in [1.29, 1.82) is 0 Å². The molecule has 0 bridgehead atoms. The van der Waals surface area contributed by atoms with E-state index in [-0.39, 0.29) is 11.8 Å². The molecule has 0 saturated heterocycles. The van der Waals surface area contributed by atoms with Gasteiger partial charge in [0.2, 0.25) is 6.17 Å². The predicted octanol–water partition coefficient (Wildman–Crippen LogP) is 7.43. The van der Waals surface area contributed by atoms with E-state index in [1.807, 2.05) is 11.1 Å². The third kappa shape index (κ3) is 4.80. The van der Waals surface area contributed by atoms with Crippen LogP contribution in [0.2, 0.25) is 0 Å². The molecule has 2 aromatic rings. The van der Waals surface area contributed by atoms with Crippen LogP contribution in [-0.4, -0.2) is 23.8 Å². The number of carboxylic acid groups (broad SMARTS) is 1. The summed E-state index contributed by atoms with van der Waals surface area (Å²) >= 11 is 0. The van der Waals surface area contributed by atoms with Crippen molar-refractivity contribution in [2.45, 2.75) is 85.2 Å². The predicted molar refractivity (Wildman–Crippen MR) is 140 cm³/mol. The average molecular weight is 449 g/mol. The maximum Gasteiger partial charge on any atom is 0.347 e. The molecule has 2 aromatic carbocycles. The Morgan fingerprint density at radius 3 is 1.52 bits per heavy atom. The van der Waals surface area contributed by atoms with Gasteiger partial charge in [-0.3, -0.25) is 0 Å². The summed E-state index contributed by atoms with van der Waals surface area (Å²) in [7, 11) is 0. The maximum absolute atomic E-state index is 12.9. The summed E-state index contributed by atoms with van der Waals surface area (Å²) in [4.78, 5) is 17.0. The van der Waals surface area contributed by atoms with E-state index in [0.29, 0.717) is 18.4 Å². The first-order valence-corrected chi connectivity index (χ1v) is 12.3. The van der Waals surface area contributed by atoms with Gasteiger partial charge in [0, 0.05) is 24.1 Å². The number of hydrogen-bond acceptors (Lipinski definition) is 3. The SMILES string of the molecule is CC(C)c1cccc(C(C)C)c1N1C=CCN(c2c(C(C)C)cccc2C(C)C)C1C(=O)O. The van der Waals surface area contributed by atoms with Gasteiger partial charge in [-0.1, -0.05) is 91.8 Å². The minimum atomic E-state index is -0.833. The van der Waals surface area contributed by atoms with Crippen molar-refractivity contribution in [1.82, 2.24) is 0 Å². The summed E-state index contributed by atoms with van der Waals surface area (Å²) in [6.07, 6.45) is 3.27. The van der Waals surface area contributed by atoms with Crippen LogP contribution in [0.1, 0.15) is 101 Å². The number of hydrogen-bond donors (Lipinski definition) is 1. The molecule has 0 aromatic heterocycles. The zero-order valence-electron chi connectivity index (χ0n) is 21.5. The van der Waals surface area contributed by atoms with Gasteiger partial charge >= 0.3 is 5.97 Å². The lowest BCUT2D eigenvalue weighted by Gasteiger charge is -2.44. The first-order chi connectivity index (χ1) is 15.6. The lowest BCUT2D eigenvalue weighted by atomic mass is 9.90. The van der Waals surface area contributed by atoms with Gasteiger partial charge in [-0.25, -0.2) is 4.79 Å². The van der Waals surface area contributed by atoms with Gasteiger partial charge in [0.1, 0.15) is 0 Å². The Labute approximate surface area is 199 Å². The van der Waals surface area contributed by atoms with Crippen LogP contribution < -0.4 is 9.80 Å². The Morgan fingerprint density at radius 2 is 1.15 bits per heavy atom. The van der Waals surface area contributed by atoms with Crippen LogP contribution in [0.4, 0.5) is 11.4 Å². The Kier molecular flexibility index (Phi) is 7.56. The van der Waals surface area contributed by atoms with Gasteiger partial charge in [-0.2, -0.15) is 0 Å². The number of anilines is 2. The molecule has 1 aliphatic heterocycles. The molecule has 33 heavy (non-hydrogen) atoms. The van der Waals surface area contributed by atoms with Crippen LogP contribution in [0.15, 0.2) is 48.7 Å². The van der Waals surface area contributed by atoms with Crippen molar-refractivity contribution >= 4 is 17.3 Å². The number of carbonyl (C=O) groups is 1. The monoisotopic (exact) mass is 448 g/mol. The molecule has 0 radical (unpaired) electrons. The van der Waals surface area contributed by atoms with Gasteiger partial charge < -0.3 is 14.9 Å². The first-order valence-electron chi connectivity index (χ1n) is 12.3. The molecule has 0 saturated carbocycles. The van der Waals surface area contributed by atoms with E-state index in [0.717, 1.165) is 11.4 Å². The zero-order chi connectivity index (χ0) is 24.4. The summed E-state index contributed by atoms with van der Waals surface area (Å²) in [5.74, 6) is 0.321. The van der Waals surface area contributed by atoms with Gasteiger partial charge in [-0.15, -0.1) is 0 Å². The van der Waals surface area contributed by atoms with E-state index in [1.54, 1.807) is 0 Å². The summed E-state index contributed by atoms with van der Waals surface area (Å²) in [6, 6.07) is 12.8. The zero-order valence-corrected chi connectivity index (χ0v) is 21.5. The molecule has 3 rings (SSSR count). The molecule has 0 fully saturated rings. The molecule has 0 aliphatic carbocycles. The Balaban J connectivity index is 2.28. The molecule has 4 heteroatoms. The van der Waals surface area contributed by atoms with Crippen LogP contribution in [0.3, 0.4) is 0 Å². The highest BCUT2D eigenvalue weighted by molar-refractivity contribution is 5.86. The fraction of sp³-hybridized carbons (Fsp3) is 0.483. The highest BCUT2D eigenvalue weighted by atomic mass is 16.4. The van der Waals surface area contributed by atoms with Gasteiger partial charge in [0.05, 0.1) is 0 Å². The topological polar surface area (TPSA) is 43.8 Å². The number of aliphatic carboxylic acids is 1. The van der Waals surface area contributed by atoms with Crippen LogP contribution in [0, 0.1) is 0 Å². The quantitative estimate of drug-likeness (QED) is 0.478. The van der Waals surface area contributed by atoms with E-state index in [2.05, 4.69) is 103 Å². The van der Waals surface area contributed by atoms with Gasteiger partial charge in [-0.05, 0) is 52.0 Å². The second-order valence-corrected chi connectivity index (χ2v) is 10.3. The van der Waals surface area contributed by atoms with Crippen molar-refractivity contribution in [3.05, 3.63) is 70.9 Å². The second-order valence-electron chi connectivity index (χ2n) is 10.3. The van der Waals surface area contributed by atoms with Crippen molar-refractivity contribution in [2.24, 2.45) is 0 Å². The fourth-order valence-electron chi connectivity index (χ4n) is 4.92. The lowest BCUT2D eigenvalue weighted by molar-refractivity contribution is -0.138. The number of carboxylic acids is 1. The summed E-state index contributed by atoms with van der Waals surface area (Å²) in [6.45, 7) is 18.0. The van der Waals surface area contributed by atoms with Gasteiger partial charge in [0.15, 0.2) is 0 Å². The van der Waals surface area contributed by atoms with E-state index >= 15 is 0 Å². The number of benzene rings is 2. The van der Waals surface area contributed by atoms with E-state index < -0.39 is 12.1 Å². The fourth-order valence-corrected chi connectivity index (χ4v) is 4.92. The Morgan fingerprint density at radius 1 is 0.758 bits per heavy atom. The molecule has 1 aliphatic rings. The van der Waals surface area contributed by atoms with Crippen molar-refractivity contribution < 1.29 is 9.90 Å². The van der Waals surface area contributed by atoms with Crippen molar-refractivity contribution in [2.75, 3.05) is 16.3 Å². The molecule has 4 nitrogen and oxygen atoms in total. The molecule has 1 unspecified atom stereocenters. The van der Waals surface area contributed by atoms with Crippen LogP contribution in [0.25, 0.3) is 0 Å². The van der Waals surface area contributed by atoms with E-state index in [1.165, 1.54) is 22.3 Å². The molecular formula is C29H40N2O2. The molecule has 0 amide bonds. The Hall–Kier alpha value is -2.75. The van der Waals surface area contributed by atoms with Crippen LogP contribution >= 0.6 is 0 Å². The third-order valence-electron chi connectivity index (χ3n) is 6.58. The van der Waals surface area contributed by atoms with E-state index in [9.17, 15) is 9.90 Å². The minimum absolute atomic E-state index is 0.283. The summed E-state index contributed by atoms with van der Waals surface area (Å²) in [5.41, 5.74) is 6.86. The number of para-hydroxylation sites is 2. The van der Waals surface area contributed by atoms with Crippen molar-refractivity contribution in [3.63, 3.8) is 0 Å². The highest BCUT2D eigenvalue weighted by Gasteiger charge is 2.38. The number of rotatable bonds is 7. The van der Waals surface area contributed by atoms with E-state index in [4.69, 9.17) is 0 Å². The van der Waals surface area contributed by atoms with Crippen molar-refractivity contribution in [3.8, 4) is 0 Å². The molecule has 1 atom stereocenters. The standard InChI is InChI=1S/C29H40N2O2/c1-18(2)22-12-9-13-23(19(3)4)26(22)30-16-11-17-31(28(30)29(32)33)27-24(20(5)6)14-10-15-25(27)21(7)8/h9-16,18-21,28H,17H2,1-8H3,(H,32,33). The summed E-state index contributed by atoms with van der Waals surface area (Å²) in [5, 5.41) is 10.6. The number of nitrogens with zero attached hydrogens (tertiary/aromatic N) is 2. The molecular weight excluding hydrogens is 408 g/mol. The second kappa shape index (κ2) is 10.0. The minimum Gasteiger partial charge on any atom is -0.478 e. The largest absolute Gasteiger partial charge is 0.478 e. The molecule has 1 heterocycles.